The molecular weight excluding hydrogens is 330 g/mol. The number of aliphatic hydroxyl groups is 3. The molecule has 0 fully saturated rings. The molecule has 0 aromatic heterocycles. The Morgan fingerprint density at radius 2 is 1.23 bits per heavy atom. The fourth-order valence-electron chi connectivity index (χ4n) is 3.14. The van der Waals surface area contributed by atoms with Crippen LogP contribution in [0.25, 0.3) is 0 Å². The van der Waals surface area contributed by atoms with Crippen LogP contribution in [0.3, 0.4) is 0 Å². The highest BCUT2D eigenvalue weighted by atomic mass is 16.3. The zero-order chi connectivity index (χ0) is 19.6. The van der Waals surface area contributed by atoms with E-state index in [9.17, 15) is 20.1 Å². The molecule has 0 saturated heterocycles. The van der Waals surface area contributed by atoms with Crippen LogP contribution in [0.15, 0.2) is 0 Å². The Morgan fingerprint density at radius 3 is 1.62 bits per heavy atom. The minimum atomic E-state index is -1.13. The number of rotatable bonds is 18. The molecule has 0 heterocycles. The summed E-state index contributed by atoms with van der Waals surface area (Å²) in [6.45, 7) is 3.29. The van der Waals surface area contributed by atoms with Crippen LogP contribution in [0.1, 0.15) is 104 Å². The Hall–Kier alpha value is -0.650. The normalized spacial score (nSPS) is 14.8. The maximum atomic E-state index is 11.4. The van der Waals surface area contributed by atoms with Crippen LogP contribution >= 0.6 is 0 Å². The fraction of sp³-hybridized carbons (Fsp3) is 0.952. The Labute approximate surface area is 160 Å². The number of amides is 1. The molecule has 156 valence electrons. The van der Waals surface area contributed by atoms with Crippen molar-refractivity contribution in [3.8, 4) is 0 Å². The van der Waals surface area contributed by atoms with Gasteiger partial charge in [-0.25, -0.2) is 0 Å². The molecule has 0 unspecified atom stereocenters. The van der Waals surface area contributed by atoms with Gasteiger partial charge in [-0.15, -0.1) is 0 Å². The third kappa shape index (κ3) is 14.5. The minimum Gasteiger partial charge on any atom is -0.394 e. The molecule has 4 N–H and O–H groups in total. The summed E-state index contributed by atoms with van der Waals surface area (Å²) >= 11 is 0. The van der Waals surface area contributed by atoms with Crippen molar-refractivity contribution in [2.75, 3.05) is 6.61 Å². The summed E-state index contributed by atoms with van der Waals surface area (Å²) in [6, 6.07) is -0.700. The van der Waals surface area contributed by atoms with E-state index in [1.54, 1.807) is 0 Å². The Balaban J connectivity index is 3.49. The molecule has 0 radical (unpaired) electrons. The van der Waals surface area contributed by atoms with Crippen LogP contribution in [0, 0.1) is 0 Å². The summed E-state index contributed by atoms with van der Waals surface area (Å²) in [5.41, 5.74) is 0. The number of unbranched alkanes of at least 4 members (excludes halogenated alkanes) is 12. The first-order chi connectivity index (χ1) is 12.5. The second-order valence-electron chi connectivity index (χ2n) is 7.57. The van der Waals surface area contributed by atoms with Gasteiger partial charge in [0.05, 0.1) is 18.8 Å². The highest BCUT2D eigenvalue weighted by Gasteiger charge is 2.21. The van der Waals surface area contributed by atoms with E-state index < -0.39 is 24.2 Å². The Morgan fingerprint density at radius 1 is 0.808 bits per heavy atom. The van der Waals surface area contributed by atoms with E-state index in [1.165, 1.54) is 77.6 Å². The molecule has 0 aromatic carbocycles. The summed E-state index contributed by atoms with van der Waals surface area (Å²) in [6.07, 6.45) is 15.2. The van der Waals surface area contributed by atoms with Crippen LogP contribution in [-0.2, 0) is 4.79 Å². The number of hydrogen-bond donors (Lipinski definition) is 4. The molecule has 26 heavy (non-hydrogen) atoms. The quantitative estimate of drug-likeness (QED) is 0.276. The largest absolute Gasteiger partial charge is 0.394 e. The van der Waals surface area contributed by atoms with E-state index in [4.69, 9.17) is 0 Å². The van der Waals surface area contributed by atoms with E-state index in [-0.39, 0.29) is 6.61 Å². The van der Waals surface area contributed by atoms with Gasteiger partial charge < -0.3 is 20.6 Å². The number of carbonyl (C=O) groups is 1. The molecule has 0 spiro atoms. The molecule has 0 rings (SSSR count). The van der Waals surface area contributed by atoms with Crippen LogP contribution < -0.4 is 5.32 Å². The van der Waals surface area contributed by atoms with E-state index in [0.29, 0.717) is 6.42 Å². The molecule has 1 amide bonds. The van der Waals surface area contributed by atoms with Crippen molar-refractivity contribution in [2.45, 2.75) is 122 Å². The molecular formula is C21H43NO4. The summed E-state index contributed by atoms with van der Waals surface area (Å²) < 4.78 is 0. The predicted octanol–water partition coefficient (Wildman–Crippen LogP) is 3.69. The average Bonchev–Trinajstić information content (AvgIpc) is 2.62. The van der Waals surface area contributed by atoms with Crippen LogP contribution in [0.2, 0.25) is 0 Å². The van der Waals surface area contributed by atoms with Gasteiger partial charge in [-0.3, -0.25) is 4.79 Å². The minimum absolute atomic E-state index is 0.321. The van der Waals surface area contributed by atoms with Crippen molar-refractivity contribution in [2.24, 2.45) is 0 Å². The van der Waals surface area contributed by atoms with E-state index in [2.05, 4.69) is 12.2 Å². The third-order valence-electron chi connectivity index (χ3n) is 4.97. The van der Waals surface area contributed by atoms with Gasteiger partial charge in [0.2, 0.25) is 5.91 Å². The number of aliphatic hydroxyl groups excluding tert-OH is 3. The topological polar surface area (TPSA) is 89.8 Å². The zero-order valence-corrected chi connectivity index (χ0v) is 17.1. The maximum Gasteiger partial charge on any atom is 0.248 e. The van der Waals surface area contributed by atoms with Gasteiger partial charge in [-0.05, 0) is 13.3 Å². The standard InChI is InChI=1S/C21H43NO4/c1-3-4-5-6-7-8-9-10-11-12-13-14-15-16-20(25)19(17-23)22-21(26)18(2)24/h18-20,23-25H,3-17H2,1-2H3,(H,22,26)/t18-,19-,20+/m0/s1. The van der Waals surface area contributed by atoms with Gasteiger partial charge in [0.15, 0.2) is 0 Å². The second kappa shape index (κ2) is 17.7. The summed E-state index contributed by atoms with van der Waals surface area (Å²) in [5.74, 6) is -0.562. The lowest BCUT2D eigenvalue weighted by molar-refractivity contribution is -0.130. The summed E-state index contributed by atoms with van der Waals surface area (Å²) in [7, 11) is 0. The number of carbonyl (C=O) groups excluding carboxylic acids is 1. The number of hydrogen-bond acceptors (Lipinski definition) is 4. The molecule has 0 aliphatic carbocycles. The van der Waals surface area contributed by atoms with Gasteiger partial charge in [-0.2, -0.15) is 0 Å². The van der Waals surface area contributed by atoms with Crippen molar-refractivity contribution in [1.29, 1.82) is 0 Å². The molecule has 5 nitrogen and oxygen atoms in total. The van der Waals surface area contributed by atoms with Crippen molar-refractivity contribution in [3.63, 3.8) is 0 Å². The Kier molecular flexibility index (Phi) is 17.3. The lowest BCUT2D eigenvalue weighted by Gasteiger charge is -2.23. The summed E-state index contributed by atoms with van der Waals surface area (Å²) in [4.78, 5) is 11.4. The van der Waals surface area contributed by atoms with Crippen molar-refractivity contribution < 1.29 is 20.1 Å². The maximum absolute atomic E-state index is 11.4. The van der Waals surface area contributed by atoms with E-state index in [1.807, 2.05) is 0 Å². The highest BCUT2D eigenvalue weighted by molar-refractivity contribution is 5.80. The van der Waals surface area contributed by atoms with Crippen molar-refractivity contribution in [3.05, 3.63) is 0 Å². The lowest BCUT2D eigenvalue weighted by Crippen LogP contribution is -2.48. The van der Waals surface area contributed by atoms with E-state index >= 15 is 0 Å². The van der Waals surface area contributed by atoms with Gasteiger partial charge in [-0.1, -0.05) is 90.4 Å². The smallest absolute Gasteiger partial charge is 0.248 e. The van der Waals surface area contributed by atoms with Gasteiger partial charge in [0, 0.05) is 0 Å². The summed E-state index contributed by atoms with van der Waals surface area (Å²) in [5, 5.41) is 31.0. The lowest BCUT2D eigenvalue weighted by atomic mass is 10.0. The highest BCUT2D eigenvalue weighted by Crippen LogP contribution is 2.14. The monoisotopic (exact) mass is 373 g/mol. The molecule has 0 aliphatic heterocycles. The van der Waals surface area contributed by atoms with Gasteiger partial charge in [0.1, 0.15) is 6.10 Å². The van der Waals surface area contributed by atoms with Crippen LogP contribution in [0.5, 0.6) is 0 Å². The number of nitrogens with one attached hydrogen (secondary N) is 1. The van der Waals surface area contributed by atoms with Crippen molar-refractivity contribution >= 4 is 5.91 Å². The second-order valence-corrected chi connectivity index (χ2v) is 7.57. The molecule has 0 bridgehead atoms. The molecule has 5 heteroatoms. The van der Waals surface area contributed by atoms with E-state index in [0.717, 1.165) is 12.8 Å². The first-order valence-electron chi connectivity index (χ1n) is 10.8. The predicted molar refractivity (Wildman–Crippen MR) is 107 cm³/mol. The fourth-order valence-corrected chi connectivity index (χ4v) is 3.14. The first kappa shape index (κ1) is 25.4. The average molecular weight is 374 g/mol. The SMILES string of the molecule is CCCCCCCCCCCCCCC[C@@H](O)[C@H](CO)NC(=O)[C@H](C)O. The third-order valence-corrected chi connectivity index (χ3v) is 4.97. The zero-order valence-electron chi connectivity index (χ0n) is 17.1. The van der Waals surface area contributed by atoms with Gasteiger partial charge >= 0.3 is 0 Å². The molecule has 3 atom stereocenters. The van der Waals surface area contributed by atoms with Crippen LogP contribution in [-0.4, -0.2) is 46.1 Å². The first-order valence-corrected chi connectivity index (χ1v) is 10.8. The molecule has 0 aromatic rings. The molecule has 0 aliphatic rings. The Bertz CT molecular complexity index is 323. The van der Waals surface area contributed by atoms with Crippen molar-refractivity contribution in [1.82, 2.24) is 5.32 Å². The molecule has 0 saturated carbocycles. The van der Waals surface area contributed by atoms with Gasteiger partial charge in [0.25, 0.3) is 0 Å². The van der Waals surface area contributed by atoms with Crippen LogP contribution in [0.4, 0.5) is 0 Å².